The highest BCUT2D eigenvalue weighted by Crippen LogP contribution is 2.23. The van der Waals surface area contributed by atoms with E-state index in [0.717, 1.165) is 4.47 Å². The Morgan fingerprint density at radius 2 is 2.25 bits per heavy atom. The minimum Gasteiger partial charge on any atom is -0.479 e. The van der Waals surface area contributed by atoms with E-state index in [1.807, 2.05) is 6.07 Å². The lowest BCUT2D eigenvalue weighted by Gasteiger charge is -2.11. The van der Waals surface area contributed by atoms with Gasteiger partial charge in [-0.3, -0.25) is 0 Å². The fraction of sp³-hybridized carbons (Fsp3) is 0.273. The number of rotatable bonds is 4. The van der Waals surface area contributed by atoms with Gasteiger partial charge in [0.25, 0.3) is 0 Å². The van der Waals surface area contributed by atoms with Crippen LogP contribution < -0.4 is 0 Å². The number of carboxylic acids is 1. The van der Waals surface area contributed by atoms with Gasteiger partial charge in [-0.1, -0.05) is 22.0 Å². The van der Waals surface area contributed by atoms with Crippen LogP contribution in [-0.4, -0.2) is 16.2 Å². The molecule has 1 aromatic carbocycles. The lowest BCUT2D eigenvalue weighted by molar-refractivity contribution is -0.147. The summed E-state index contributed by atoms with van der Waals surface area (Å²) < 4.78 is 0.793. The van der Waals surface area contributed by atoms with Gasteiger partial charge in [0.05, 0.1) is 6.07 Å². The normalized spacial score (nSPS) is 11.8. The first-order valence-corrected chi connectivity index (χ1v) is 5.41. The average molecular weight is 284 g/mol. The lowest BCUT2D eigenvalue weighted by atomic mass is 9.99. The van der Waals surface area contributed by atoms with Crippen molar-refractivity contribution in [2.24, 2.45) is 0 Å². The average Bonchev–Trinajstić information content (AvgIpc) is 2.25. The van der Waals surface area contributed by atoms with Crippen molar-refractivity contribution in [2.45, 2.75) is 18.9 Å². The van der Waals surface area contributed by atoms with Gasteiger partial charge in [0.15, 0.2) is 6.10 Å². The van der Waals surface area contributed by atoms with Crippen molar-refractivity contribution < 1.29 is 15.0 Å². The zero-order chi connectivity index (χ0) is 12.1. The van der Waals surface area contributed by atoms with Crippen molar-refractivity contribution in [3.8, 4) is 6.07 Å². The molecular weight excluding hydrogens is 274 g/mol. The third-order valence-corrected chi connectivity index (χ3v) is 2.63. The smallest absolute Gasteiger partial charge is 0.337 e. The number of carboxylic acid groups (broad SMARTS) is 1. The molecule has 2 N–H and O–H groups in total. The molecule has 0 aliphatic rings. The molecule has 0 fully saturated rings. The standard InChI is InChI=1S/C11H10BrNO3/c12-8-3-4-9(10(14)11(15)16)7(6-8)2-1-5-13/h3-4,6,10,14H,1-2H2,(H,15,16). The van der Waals surface area contributed by atoms with Crippen LogP contribution in [-0.2, 0) is 11.2 Å². The van der Waals surface area contributed by atoms with Crippen molar-refractivity contribution in [1.82, 2.24) is 0 Å². The number of benzene rings is 1. The molecule has 0 spiro atoms. The number of aryl methyl sites for hydroxylation is 1. The number of nitrogens with zero attached hydrogens (tertiary/aromatic N) is 1. The number of hydrogen-bond donors (Lipinski definition) is 2. The molecule has 0 bridgehead atoms. The molecule has 0 radical (unpaired) electrons. The Morgan fingerprint density at radius 3 is 2.81 bits per heavy atom. The number of aliphatic hydroxyl groups is 1. The molecule has 16 heavy (non-hydrogen) atoms. The summed E-state index contributed by atoms with van der Waals surface area (Å²) in [7, 11) is 0. The second kappa shape index (κ2) is 5.64. The van der Waals surface area contributed by atoms with Crippen LogP contribution in [0, 0.1) is 11.3 Å². The van der Waals surface area contributed by atoms with Gasteiger partial charge in [-0.25, -0.2) is 4.79 Å². The Morgan fingerprint density at radius 1 is 1.56 bits per heavy atom. The van der Waals surface area contributed by atoms with E-state index in [2.05, 4.69) is 15.9 Å². The van der Waals surface area contributed by atoms with E-state index >= 15 is 0 Å². The molecule has 0 aliphatic carbocycles. The monoisotopic (exact) mass is 283 g/mol. The van der Waals surface area contributed by atoms with E-state index in [1.54, 1.807) is 18.2 Å². The van der Waals surface area contributed by atoms with Crippen LogP contribution in [0.3, 0.4) is 0 Å². The van der Waals surface area contributed by atoms with Crippen LogP contribution in [0.1, 0.15) is 23.7 Å². The van der Waals surface area contributed by atoms with Crippen LogP contribution in [0.25, 0.3) is 0 Å². The fourth-order valence-electron chi connectivity index (χ4n) is 1.38. The molecule has 84 valence electrons. The second-order valence-corrected chi connectivity index (χ2v) is 4.16. The number of halogens is 1. The van der Waals surface area contributed by atoms with Gasteiger partial charge in [-0.15, -0.1) is 0 Å². The van der Waals surface area contributed by atoms with Crippen LogP contribution in [0.4, 0.5) is 0 Å². The number of nitriles is 1. The molecule has 4 nitrogen and oxygen atoms in total. The highest BCUT2D eigenvalue weighted by Gasteiger charge is 2.19. The van der Waals surface area contributed by atoms with Gasteiger partial charge >= 0.3 is 5.97 Å². The Labute approximate surface area is 101 Å². The molecule has 1 unspecified atom stereocenters. The van der Waals surface area contributed by atoms with Gasteiger partial charge in [0.2, 0.25) is 0 Å². The molecule has 0 aliphatic heterocycles. The predicted octanol–water partition coefficient (Wildman–Crippen LogP) is 2.02. The third-order valence-electron chi connectivity index (χ3n) is 2.14. The van der Waals surface area contributed by atoms with Gasteiger partial charge < -0.3 is 10.2 Å². The molecule has 1 aromatic rings. The zero-order valence-electron chi connectivity index (χ0n) is 8.35. The maximum absolute atomic E-state index is 10.7. The van der Waals surface area contributed by atoms with Gasteiger partial charge in [0, 0.05) is 10.9 Å². The molecule has 1 rings (SSSR count). The van der Waals surface area contributed by atoms with Crippen LogP contribution in [0.2, 0.25) is 0 Å². The van der Waals surface area contributed by atoms with Crippen molar-refractivity contribution in [2.75, 3.05) is 0 Å². The number of aliphatic hydroxyl groups excluding tert-OH is 1. The maximum Gasteiger partial charge on any atom is 0.337 e. The molecule has 1 atom stereocenters. The third kappa shape index (κ3) is 3.05. The predicted molar refractivity (Wildman–Crippen MR) is 60.7 cm³/mol. The van der Waals surface area contributed by atoms with E-state index in [1.165, 1.54) is 0 Å². The topological polar surface area (TPSA) is 81.3 Å². The van der Waals surface area contributed by atoms with Gasteiger partial charge in [0.1, 0.15) is 0 Å². The quantitative estimate of drug-likeness (QED) is 0.886. The maximum atomic E-state index is 10.7. The number of carbonyl (C=O) groups is 1. The Bertz CT molecular complexity index is 439. The summed E-state index contributed by atoms with van der Waals surface area (Å²) in [6, 6.07) is 6.92. The van der Waals surface area contributed by atoms with Crippen molar-refractivity contribution in [3.63, 3.8) is 0 Å². The Kier molecular flexibility index (Phi) is 4.47. The van der Waals surface area contributed by atoms with Crippen molar-refractivity contribution in [1.29, 1.82) is 5.26 Å². The summed E-state index contributed by atoms with van der Waals surface area (Å²) in [5.74, 6) is -1.29. The Hall–Kier alpha value is -1.38. The van der Waals surface area contributed by atoms with E-state index in [0.29, 0.717) is 17.5 Å². The van der Waals surface area contributed by atoms with Crippen molar-refractivity contribution >= 4 is 21.9 Å². The zero-order valence-corrected chi connectivity index (χ0v) is 9.94. The van der Waals surface area contributed by atoms with Crippen LogP contribution in [0.5, 0.6) is 0 Å². The van der Waals surface area contributed by atoms with E-state index in [4.69, 9.17) is 10.4 Å². The summed E-state index contributed by atoms with van der Waals surface area (Å²) in [6.07, 6.45) is -0.826. The van der Waals surface area contributed by atoms with E-state index < -0.39 is 12.1 Å². The summed E-state index contributed by atoms with van der Waals surface area (Å²) in [5.41, 5.74) is 1.01. The molecule has 0 saturated carbocycles. The first-order valence-electron chi connectivity index (χ1n) is 4.62. The molecule has 0 heterocycles. The first-order chi connectivity index (χ1) is 7.56. The summed E-state index contributed by atoms with van der Waals surface area (Å²) in [5, 5.41) is 26.7. The minimum atomic E-state index is -1.54. The summed E-state index contributed by atoms with van der Waals surface area (Å²) >= 11 is 3.26. The van der Waals surface area contributed by atoms with E-state index in [9.17, 15) is 9.90 Å². The van der Waals surface area contributed by atoms with Gasteiger partial charge in [-0.05, 0) is 29.7 Å². The highest BCUT2D eigenvalue weighted by molar-refractivity contribution is 9.10. The highest BCUT2D eigenvalue weighted by atomic mass is 79.9. The minimum absolute atomic E-state index is 0.287. The molecule has 0 amide bonds. The number of aliphatic carboxylic acids is 1. The largest absolute Gasteiger partial charge is 0.479 e. The number of hydrogen-bond acceptors (Lipinski definition) is 3. The first kappa shape index (κ1) is 12.7. The second-order valence-electron chi connectivity index (χ2n) is 3.24. The van der Waals surface area contributed by atoms with Crippen LogP contribution in [0.15, 0.2) is 22.7 Å². The molecular formula is C11H10BrNO3. The van der Waals surface area contributed by atoms with Crippen molar-refractivity contribution in [3.05, 3.63) is 33.8 Å². The lowest BCUT2D eigenvalue weighted by Crippen LogP contribution is -2.12. The molecule has 0 saturated heterocycles. The van der Waals surface area contributed by atoms with Gasteiger partial charge in [-0.2, -0.15) is 5.26 Å². The molecule has 0 aromatic heterocycles. The summed E-state index contributed by atoms with van der Waals surface area (Å²) in [6.45, 7) is 0. The van der Waals surface area contributed by atoms with Crippen LogP contribution >= 0.6 is 15.9 Å². The Balaban J connectivity index is 3.07. The fourth-order valence-corrected chi connectivity index (χ4v) is 1.79. The summed E-state index contributed by atoms with van der Waals surface area (Å²) in [4.78, 5) is 10.7. The van der Waals surface area contributed by atoms with E-state index in [-0.39, 0.29) is 6.42 Å². The molecule has 5 heteroatoms. The SMILES string of the molecule is N#CCCc1cc(Br)ccc1C(O)C(=O)O.